The molecule has 0 aromatic carbocycles. The Bertz CT molecular complexity index is 255. The van der Waals surface area contributed by atoms with Crippen LogP contribution in [0.3, 0.4) is 0 Å². The fourth-order valence-electron chi connectivity index (χ4n) is 1.61. The first-order valence-electron chi connectivity index (χ1n) is 5.15. The maximum absolute atomic E-state index is 11.2. The molecule has 1 aliphatic carbocycles. The van der Waals surface area contributed by atoms with Crippen LogP contribution >= 0.6 is 0 Å². The van der Waals surface area contributed by atoms with E-state index in [-0.39, 0.29) is 11.8 Å². The van der Waals surface area contributed by atoms with Crippen LogP contribution in [0.25, 0.3) is 0 Å². The highest BCUT2D eigenvalue weighted by atomic mass is 16.1. The van der Waals surface area contributed by atoms with E-state index in [1.165, 1.54) is 0 Å². The summed E-state index contributed by atoms with van der Waals surface area (Å²) in [6.07, 6.45) is 9.64. The maximum Gasteiger partial charge on any atom is 0.146 e. The summed E-state index contributed by atoms with van der Waals surface area (Å²) in [6.45, 7) is 4.57. The minimum atomic E-state index is 0.0364. The summed E-state index contributed by atoms with van der Waals surface area (Å²) >= 11 is 0. The molecule has 2 nitrogen and oxygen atoms in total. The predicted molar refractivity (Wildman–Crippen MR) is 59.2 cm³/mol. The van der Waals surface area contributed by atoms with Crippen molar-refractivity contribution in [1.82, 2.24) is 4.90 Å². The number of rotatable bonds is 4. The average Bonchev–Trinajstić information content (AvgIpc) is 2.18. The zero-order chi connectivity index (χ0) is 10.6. The van der Waals surface area contributed by atoms with Crippen LogP contribution in [0.15, 0.2) is 24.3 Å². The first kappa shape index (κ1) is 11.2. The molecule has 0 aromatic rings. The summed E-state index contributed by atoms with van der Waals surface area (Å²) in [5.74, 6) is 0.801. The second-order valence-corrected chi connectivity index (χ2v) is 4.04. The van der Waals surface area contributed by atoms with Crippen LogP contribution in [-0.2, 0) is 4.79 Å². The Kier molecular flexibility index (Phi) is 4.08. The van der Waals surface area contributed by atoms with E-state index >= 15 is 0 Å². The number of carbonyl (C=O) groups is 1. The first-order chi connectivity index (χ1) is 6.61. The number of hydrogen-bond donors (Lipinski definition) is 0. The van der Waals surface area contributed by atoms with Crippen LogP contribution in [0.4, 0.5) is 0 Å². The summed E-state index contributed by atoms with van der Waals surface area (Å²) in [5, 5.41) is 0. The van der Waals surface area contributed by atoms with Crippen molar-refractivity contribution in [3.63, 3.8) is 0 Å². The molecule has 78 valence electrons. The van der Waals surface area contributed by atoms with Gasteiger partial charge in [0.2, 0.25) is 0 Å². The SMILES string of the molecule is CC(=O)C(C)N(C)CC1C=CC=CC1. The molecule has 0 spiro atoms. The molecule has 0 radical (unpaired) electrons. The minimum absolute atomic E-state index is 0.0364. The summed E-state index contributed by atoms with van der Waals surface area (Å²) < 4.78 is 0. The molecule has 2 heteroatoms. The van der Waals surface area contributed by atoms with Gasteiger partial charge in [0.05, 0.1) is 6.04 Å². The normalized spacial score (nSPS) is 22.7. The summed E-state index contributed by atoms with van der Waals surface area (Å²) in [5.41, 5.74) is 0. The number of allylic oxidation sites excluding steroid dienone is 3. The molecule has 0 bridgehead atoms. The molecule has 0 heterocycles. The molecular weight excluding hydrogens is 174 g/mol. The van der Waals surface area contributed by atoms with Crippen molar-refractivity contribution < 1.29 is 4.79 Å². The zero-order valence-corrected chi connectivity index (χ0v) is 9.23. The number of ketones is 1. The van der Waals surface area contributed by atoms with Gasteiger partial charge in [0.15, 0.2) is 0 Å². The molecule has 14 heavy (non-hydrogen) atoms. The Balaban J connectivity index is 2.40. The molecule has 2 atom stereocenters. The van der Waals surface area contributed by atoms with Crippen LogP contribution in [0.2, 0.25) is 0 Å². The molecule has 1 rings (SSSR count). The molecule has 2 unspecified atom stereocenters. The Morgan fingerprint density at radius 2 is 2.29 bits per heavy atom. The van der Waals surface area contributed by atoms with E-state index in [0.29, 0.717) is 5.92 Å². The van der Waals surface area contributed by atoms with Gasteiger partial charge < -0.3 is 0 Å². The highest BCUT2D eigenvalue weighted by Gasteiger charge is 2.16. The lowest BCUT2D eigenvalue weighted by molar-refractivity contribution is -0.121. The fourth-order valence-corrected chi connectivity index (χ4v) is 1.61. The largest absolute Gasteiger partial charge is 0.298 e. The third kappa shape index (κ3) is 3.11. The van der Waals surface area contributed by atoms with Gasteiger partial charge in [-0.2, -0.15) is 0 Å². The molecule has 1 aliphatic rings. The van der Waals surface area contributed by atoms with Crippen LogP contribution in [0.1, 0.15) is 20.3 Å². The molecule has 0 fully saturated rings. The van der Waals surface area contributed by atoms with Crippen molar-refractivity contribution in [1.29, 1.82) is 0 Å². The van der Waals surface area contributed by atoms with E-state index < -0.39 is 0 Å². The monoisotopic (exact) mass is 193 g/mol. The van der Waals surface area contributed by atoms with E-state index in [9.17, 15) is 4.79 Å². The number of hydrogen-bond acceptors (Lipinski definition) is 2. The number of nitrogens with zero attached hydrogens (tertiary/aromatic N) is 1. The van der Waals surface area contributed by atoms with Gasteiger partial charge in [-0.3, -0.25) is 9.69 Å². The van der Waals surface area contributed by atoms with Gasteiger partial charge >= 0.3 is 0 Å². The lowest BCUT2D eigenvalue weighted by Crippen LogP contribution is -2.37. The van der Waals surface area contributed by atoms with Crippen molar-refractivity contribution in [3.8, 4) is 0 Å². The molecule has 0 N–H and O–H groups in total. The van der Waals surface area contributed by atoms with Crippen molar-refractivity contribution in [2.24, 2.45) is 5.92 Å². The zero-order valence-electron chi connectivity index (χ0n) is 9.23. The number of carbonyl (C=O) groups excluding carboxylic acids is 1. The standard InChI is InChI=1S/C12H19NO/c1-10(11(2)14)13(3)9-12-7-5-4-6-8-12/h4-7,10,12H,8-9H2,1-3H3. The summed E-state index contributed by atoms with van der Waals surface area (Å²) in [7, 11) is 2.01. The van der Waals surface area contributed by atoms with Gasteiger partial charge in [-0.15, -0.1) is 0 Å². The molecule has 0 saturated heterocycles. The minimum Gasteiger partial charge on any atom is -0.298 e. The molecular formula is C12H19NO. The summed E-state index contributed by atoms with van der Waals surface area (Å²) in [4.78, 5) is 13.3. The summed E-state index contributed by atoms with van der Waals surface area (Å²) in [6, 6.07) is 0.0364. The van der Waals surface area contributed by atoms with Gasteiger partial charge in [-0.05, 0) is 33.2 Å². The molecule has 0 aromatic heterocycles. The second-order valence-electron chi connectivity index (χ2n) is 4.04. The van der Waals surface area contributed by atoms with Crippen LogP contribution in [0.5, 0.6) is 0 Å². The third-order valence-corrected chi connectivity index (χ3v) is 2.84. The second kappa shape index (κ2) is 5.11. The first-order valence-corrected chi connectivity index (χ1v) is 5.15. The van der Waals surface area contributed by atoms with Gasteiger partial charge in [-0.25, -0.2) is 0 Å². The molecule has 0 saturated carbocycles. The van der Waals surface area contributed by atoms with E-state index in [4.69, 9.17) is 0 Å². The van der Waals surface area contributed by atoms with Crippen LogP contribution in [-0.4, -0.2) is 30.3 Å². The van der Waals surface area contributed by atoms with Crippen molar-refractivity contribution in [2.75, 3.05) is 13.6 Å². The van der Waals surface area contributed by atoms with Gasteiger partial charge in [0, 0.05) is 6.54 Å². The van der Waals surface area contributed by atoms with Crippen LogP contribution in [0, 0.1) is 5.92 Å². The lowest BCUT2D eigenvalue weighted by Gasteiger charge is -2.26. The highest BCUT2D eigenvalue weighted by molar-refractivity contribution is 5.80. The lowest BCUT2D eigenvalue weighted by atomic mass is 9.99. The Morgan fingerprint density at radius 3 is 2.79 bits per heavy atom. The van der Waals surface area contributed by atoms with E-state index in [0.717, 1.165) is 13.0 Å². The Labute approximate surface area is 86.3 Å². The fraction of sp³-hybridized carbons (Fsp3) is 0.583. The van der Waals surface area contributed by atoms with Crippen molar-refractivity contribution in [2.45, 2.75) is 26.3 Å². The van der Waals surface area contributed by atoms with Gasteiger partial charge in [0.25, 0.3) is 0 Å². The predicted octanol–water partition coefficient (Wildman–Crippen LogP) is 2.03. The van der Waals surface area contributed by atoms with E-state index in [2.05, 4.69) is 29.2 Å². The van der Waals surface area contributed by atoms with E-state index in [1.807, 2.05) is 14.0 Å². The molecule has 0 aliphatic heterocycles. The van der Waals surface area contributed by atoms with Gasteiger partial charge in [0.1, 0.15) is 5.78 Å². The Hall–Kier alpha value is -0.890. The van der Waals surface area contributed by atoms with E-state index in [1.54, 1.807) is 6.92 Å². The van der Waals surface area contributed by atoms with Crippen molar-refractivity contribution in [3.05, 3.63) is 24.3 Å². The Morgan fingerprint density at radius 1 is 1.57 bits per heavy atom. The smallest absolute Gasteiger partial charge is 0.146 e. The van der Waals surface area contributed by atoms with Gasteiger partial charge in [-0.1, -0.05) is 24.3 Å². The number of Topliss-reactive ketones (excluding diaryl/α,β-unsaturated/α-hetero) is 1. The van der Waals surface area contributed by atoms with Crippen molar-refractivity contribution >= 4 is 5.78 Å². The molecule has 0 amide bonds. The topological polar surface area (TPSA) is 20.3 Å². The highest BCUT2D eigenvalue weighted by Crippen LogP contribution is 2.13. The quantitative estimate of drug-likeness (QED) is 0.681. The average molecular weight is 193 g/mol. The number of likely N-dealkylation sites (N-methyl/N-ethyl adjacent to an activating group) is 1. The third-order valence-electron chi connectivity index (χ3n) is 2.84. The van der Waals surface area contributed by atoms with Crippen LogP contribution < -0.4 is 0 Å². The maximum atomic E-state index is 11.2.